The maximum atomic E-state index is 10.6. The summed E-state index contributed by atoms with van der Waals surface area (Å²) in [5, 5.41) is 0. The van der Waals surface area contributed by atoms with E-state index in [1.54, 1.807) is 0 Å². The Bertz CT molecular complexity index is 301. The van der Waals surface area contributed by atoms with Crippen molar-refractivity contribution in [2.24, 2.45) is 11.8 Å². The van der Waals surface area contributed by atoms with Crippen molar-refractivity contribution in [2.75, 3.05) is 19.8 Å². The maximum Gasteiger partial charge on any atom is 0.123 e. The number of hydrogen-bond acceptors (Lipinski definition) is 3. The van der Waals surface area contributed by atoms with E-state index in [2.05, 4.69) is 11.8 Å². The molecule has 0 radical (unpaired) electrons. The van der Waals surface area contributed by atoms with Gasteiger partial charge in [0, 0.05) is 18.4 Å². The molecule has 0 N–H and O–H groups in total. The standard InChI is InChI=1S/C15H22O3/c16-11-14-7-5-13(6-8-14)3-1-10-18-15-4-2-9-17-12-15/h11,13-15H,2,4-10,12H2. The molecule has 1 saturated heterocycles. The van der Waals surface area contributed by atoms with Crippen molar-refractivity contribution in [3.8, 4) is 11.8 Å². The highest BCUT2D eigenvalue weighted by molar-refractivity contribution is 5.53. The zero-order valence-electron chi connectivity index (χ0n) is 10.9. The first-order valence-corrected chi connectivity index (χ1v) is 7.01. The van der Waals surface area contributed by atoms with Crippen LogP contribution in [0.3, 0.4) is 0 Å². The normalized spacial score (nSPS) is 32.3. The third-order valence-electron chi connectivity index (χ3n) is 3.78. The molecule has 2 rings (SSSR count). The molecular weight excluding hydrogens is 228 g/mol. The van der Waals surface area contributed by atoms with Gasteiger partial charge in [-0.05, 0) is 38.5 Å². The van der Waals surface area contributed by atoms with Crippen molar-refractivity contribution in [1.29, 1.82) is 0 Å². The highest BCUT2D eigenvalue weighted by Crippen LogP contribution is 2.26. The molecule has 0 aromatic rings. The topological polar surface area (TPSA) is 35.5 Å². The SMILES string of the molecule is O=CC1CCC(C#CCOC2CCCOC2)CC1. The number of aldehydes is 1. The highest BCUT2D eigenvalue weighted by Gasteiger charge is 2.19. The van der Waals surface area contributed by atoms with Crippen LogP contribution in [0.2, 0.25) is 0 Å². The number of hydrogen-bond donors (Lipinski definition) is 0. The Balaban J connectivity index is 1.61. The number of carbonyl (C=O) groups excluding carboxylic acids is 1. The molecule has 1 aliphatic heterocycles. The Morgan fingerprint density at radius 2 is 2.06 bits per heavy atom. The lowest BCUT2D eigenvalue weighted by Gasteiger charge is -2.22. The number of ether oxygens (including phenoxy) is 2. The first-order valence-electron chi connectivity index (χ1n) is 7.01. The van der Waals surface area contributed by atoms with Crippen molar-refractivity contribution >= 4 is 6.29 Å². The lowest BCUT2D eigenvalue weighted by atomic mass is 9.83. The third-order valence-corrected chi connectivity index (χ3v) is 3.78. The van der Waals surface area contributed by atoms with Crippen LogP contribution >= 0.6 is 0 Å². The molecule has 1 saturated carbocycles. The van der Waals surface area contributed by atoms with E-state index in [-0.39, 0.29) is 12.0 Å². The van der Waals surface area contributed by atoms with E-state index in [0.717, 1.165) is 51.4 Å². The van der Waals surface area contributed by atoms with Gasteiger partial charge in [-0.1, -0.05) is 11.8 Å². The molecule has 18 heavy (non-hydrogen) atoms. The Morgan fingerprint density at radius 3 is 2.72 bits per heavy atom. The summed E-state index contributed by atoms with van der Waals surface area (Å²) in [6, 6.07) is 0. The zero-order chi connectivity index (χ0) is 12.6. The van der Waals surface area contributed by atoms with Crippen LogP contribution in [0, 0.1) is 23.7 Å². The highest BCUT2D eigenvalue weighted by atomic mass is 16.5. The second kappa shape index (κ2) is 7.56. The van der Waals surface area contributed by atoms with Gasteiger partial charge in [-0.3, -0.25) is 0 Å². The van der Waals surface area contributed by atoms with Crippen LogP contribution < -0.4 is 0 Å². The second-order valence-electron chi connectivity index (χ2n) is 5.22. The first kappa shape index (κ1) is 13.6. The molecule has 1 heterocycles. The third kappa shape index (κ3) is 4.44. The largest absolute Gasteiger partial charge is 0.379 e. The molecule has 0 amide bonds. The minimum atomic E-state index is 0.235. The van der Waals surface area contributed by atoms with E-state index in [0.29, 0.717) is 19.1 Å². The van der Waals surface area contributed by atoms with Gasteiger partial charge < -0.3 is 14.3 Å². The smallest absolute Gasteiger partial charge is 0.123 e. The number of rotatable bonds is 3. The predicted molar refractivity (Wildman–Crippen MR) is 69.1 cm³/mol. The van der Waals surface area contributed by atoms with Gasteiger partial charge in [-0.2, -0.15) is 0 Å². The molecule has 2 fully saturated rings. The fourth-order valence-corrected chi connectivity index (χ4v) is 2.59. The van der Waals surface area contributed by atoms with Crippen molar-refractivity contribution in [3.63, 3.8) is 0 Å². The summed E-state index contributed by atoms with van der Waals surface area (Å²) in [4.78, 5) is 10.6. The van der Waals surface area contributed by atoms with Crippen molar-refractivity contribution in [2.45, 2.75) is 44.6 Å². The van der Waals surface area contributed by atoms with Gasteiger partial charge in [0.05, 0.1) is 12.7 Å². The first-order chi connectivity index (χ1) is 8.88. The quantitative estimate of drug-likeness (QED) is 0.569. The van der Waals surface area contributed by atoms with E-state index in [4.69, 9.17) is 9.47 Å². The Morgan fingerprint density at radius 1 is 1.22 bits per heavy atom. The van der Waals surface area contributed by atoms with Crippen LogP contribution in [-0.2, 0) is 14.3 Å². The van der Waals surface area contributed by atoms with E-state index in [1.165, 1.54) is 0 Å². The lowest BCUT2D eigenvalue weighted by molar-refractivity contribution is -0.112. The predicted octanol–water partition coefficient (Wildman–Crippen LogP) is 2.19. The van der Waals surface area contributed by atoms with Crippen LogP contribution in [0.25, 0.3) is 0 Å². The molecular formula is C15H22O3. The summed E-state index contributed by atoms with van der Waals surface area (Å²) in [6.07, 6.45) is 7.63. The molecule has 0 aromatic carbocycles. The van der Waals surface area contributed by atoms with Crippen LogP contribution in [0.4, 0.5) is 0 Å². The Hall–Kier alpha value is -0.850. The molecule has 1 aliphatic carbocycles. The van der Waals surface area contributed by atoms with Gasteiger partial charge in [0.2, 0.25) is 0 Å². The maximum absolute atomic E-state index is 10.6. The molecule has 100 valence electrons. The van der Waals surface area contributed by atoms with Gasteiger partial charge in [-0.25, -0.2) is 0 Å². The van der Waals surface area contributed by atoms with Crippen molar-refractivity contribution < 1.29 is 14.3 Å². The average Bonchev–Trinajstić information content (AvgIpc) is 2.45. The van der Waals surface area contributed by atoms with E-state index in [1.807, 2.05) is 0 Å². The summed E-state index contributed by atoms with van der Waals surface area (Å²) in [7, 11) is 0. The van der Waals surface area contributed by atoms with Crippen LogP contribution in [0.1, 0.15) is 38.5 Å². The molecule has 0 spiro atoms. The minimum Gasteiger partial charge on any atom is -0.379 e. The second-order valence-corrected chi connectivity index (χ2v) is 5.22. The minimum absolute atomic E-state index is 0.235. The lowest BCUT2D eigenvalue weighted by Crippen LogP contribution is -2.25. The van der Waals surface area contributed by atoms with Crippen LogP contribution in [-0.4, -0.2) is 32.2 Å². The summed E-state index contributed by atoms with van der Waals surface area (Å²) in [5.74, 6) is 7.13. The molecule has 1 unspecified atom stereocenters. The van der Waals surface area contributed by atoms with Gasteiger partial charge in [0.25, 0.3) is 0 Å². The summed E-state index contributed by atoms with van der Waals surface area (Å²) in [5.41, 5.74) is 0. The van der Waals surface area contributed by atoms with Gasteiger partial charge in [-0.15, -0.1) is 0 Å². The monoisotopic (exact) mass is 250 g/mol. The van der Waals surface area contributed by atoms with E-state index >= 15 is 0 Å². The molecule has 1 atom stereocenters. The fraction of sp³-hybridized carbons (Fsp3) is 0.800. The summed E-state index contributed by atoms with van der Waals surface area (Å²) < 4.78 is 11.0. The summed E-state index contributed by atoms with van der Waals surface area (Å²) in [6.45, 7) is 2.10. The van der Waals surface area contributed by atoms with Crippen molar-refractivity contribution in [3.05, 3.63) is 0 Å². The molecule has 0 aromatic heterocycles. The summed E-state index contributed by atoms with van der Waals surface area (Å²) >= 11 is 0. The Labute approximate surface area is 109 Å². The van der Waals surface area contributed by atoms with Gasteiger partial charge in [0.1, 0.15) is 12.9 Å². The molecule has 0 bridgehead atoms. The van der Waals surface area contributed by atoms with Gasteiger partial charge in [0.15, 0.2) is 0 Å². The van der Waals surface area contributed by atoms with E-state index < -0.39 is 0 Å². The number of carbonyl (C=O) groups is 1. The molecule has 3 nitrogen and oxygen atoms in total. The van der Waals surface area contributed by atoms with Gasteiger partial charge >= 0.3 is 0 Å². The fourth-order valence-electron chi connectivity index (χ4n) is 2.59. The van der Waals surface area contributed by atoms with Crippen LogP contribution in [0.15, 0.2) is 0 Å². The Kier molecular flexibility index (Phi) is 5.70. The molecule has 3 heteroatoms. The zero-order valence-corrected chi connectivity index (χ0v) is 10.9. The average molecular weight is 250 g/mol. The van der Waals surface area contributed by atoms with Crippen molar-refractivity contribution in [1.82, 2.24) is 0 Å². The van der Waals surface area contributed by atoms with Crippen LogP contribution in [0.5, 0.6) is 0 Å². The molecule has 2 aliphatic rings. The van der Waals surface area contributed by atoms with E-state index in [9.17, 15) is 4.79 Å².